The van der Waals surface area contributed by atoms with Crippen molar-refractivity contribution in [3.8, 4) is 0 Å². The number of fused-ring (bicyclic) bond motifs is 2. The number of halogens is 2. The van der Waals surface area contributed by atoms with Crippen molar-refractivity contribution < 1.29 is 0 Å². The van der Waals surface area contributed by atoms with E-state index in [4.69, 9.17) is 23.2 Å². The molecule has 0 aromatic heterocycles. The van der Waals surface area contributed by atoms with Crippen LogP contribution in [-0.4, -0.2) is 30.1 Å². The highest BCUT2D eigenvalue weighted by atomic mass is 35.5. The fourth-order valence-corrected chi connectivity index (χ4v) is 4.09. The molecule has 2 nitrogen and oxygen atoms in total. The summed E-state index contributed by atoms with van der Waals surface area (Å²) in [5.41, 5.74) is 1.21. The van der Waals surface area contributed by atoms with Crippen molar-refractivity contribution in [2.75, 3.05) is 7.05 Å². The van der Waals surface area contributed by atoms with E-state index in [1.807, 2.05) is 12.1 Å². The van der Waals surface area contributed by atoms with Crippen LogP contribution < -0.4 is 5.32 Å². The van der Waals surface area contributed by atoms with Crippen molar-refractivity contribution >= 4 is 23.2 Å². The summed E-state index contributed by atoms with van der Waals surface area (Å²) in [5.74, 6) is 0. The summed E-state index contributed by atoms with van der Waals surface area (Å²) in [6.45, 7) is 2.21. The highest BCUT2D eigenvalue weighted by Gasteiger charge is 2.38. The van der Waals surface area contributed by atoms with Gasteiger partial charge in [0.1, 0.15) is 0 Å². The van der Waals surface area contributed by atoms with Crippen molar-refractivity contribution in [2.24, 2.45) is 0 Å². The lowest BCUT2D eigenvalue weighted by Crippen LogP contribution is -2.47. The molecular formula is C16H22Cl2N2. The van der Waals surface area contributed by atoms with E-state index in [9.17, 15) is 0 Å². The van der Waals surface area contributed by atoms with E-state index >= 15 is 0 Å². The highest BCUT2D eigenvalue weighted by molar-refractivity contribution is 6.42. The van der Waals surface area contributed by atoms with E-state index in [1.54, 1.807) is 0 Å². The maximum Gasteiger partial charge on any atom is 0.0595 e. The van der Waals surface area contributed by atoms with Gasteiger partial charge in [0.25, 0.3) is 0 Å². The maximum absolute atomic E-state index is 6.11. The molecule has 0 aliphatic carbocycles. The van der Waals surface area contributed by atoms with Crippen molar-refractivity contribution in [3.05, 3.63) is 33.8 Å². The van der Waals surface area contributed by atoms with Crippen LogP contribution in [0.3, 0.4) is 0 Å². The largest absolute Gasteiger partial charge is 0.307 e. The van der Waals surface area contributed by atoms with Crippen molar-refractivity contribution in [1.82, 2.24) is 10.2 Å². The van der Waals surface area contributed by atoms with Gasteiger partial charge in [0, 0.05) is 24.2 Å². The Hall–Kier alpha value is -0.280. The normalized spacial score (nSPS) is 31.5. The first-order chi connectivity index (χ1) is 9.54. The third kappa shape index (κ3) is 2.85. The van der Waals surface area contributed by atoms with Gasteiger partial charge in [-0.2, -0.15) is 0 Å². The molecular weight excluding hydrogens is 291 g/mol. The Morgan fingerprint density at radius 2 is 1.80 bits per heavy atom. The lowest BCUT2D eigenvalue weighted by molar-refractivity contribution is 0.144. The zero-order chi connectivity index (χ0) is 14.3. The summed E-state index contributed by atoms with van der Waals surface area (Å²) in [4.78, 5) is 2.57. The number of benzene rings is 1. The molecule has 4 heteroatoms. The van der Waals surface area contributed by atoms with Gasteiger partial charge in [-0.1, -0.05) is 29.3 Å². The molecule has 0 spiro atoms. The first-order valence-electron chi connectivity index (χ1n) is 7.47. The molecule has 110 valence electrons. The molecule has 2 fully saturated rings. The van der Waals surface area contributed by atoms with Crippen molar-refractivity contribution in [2.45, 2.75) is 56.8 Å². The van der Waals surface area contributed by atoms with E-state index in [2.05, 4.69) is 30.3 Å². The van der Waals surface area contributed by atoms with Crippen LogP contribution in [-0.2, 0) is 0 Å². The summed E-state index contributed by atoms with van der Waals surface area (Å²) >= 11 is 12.1. The van der Waals surface area contributed by atoms with Crippen LogP contribution in [0.25, 0.3) is 0 Å². The molecule has 2 saturated heterocycles. The van der Waals surface area contributed by atoms with Crippen LogP contribution in [0.5, 0.6) is 0 Å². The Morgan fingerprint density at radius 3 is 2.40 bits per heavy atom. The second-order valence-corrected chi connectivity index (χ2v) is 7.10. The zero-order valence-corrected chi connectivity index (χ0v) is 13.6. The second-order valence-electron chi connectivity index (χ2n) is 6.28. The average Bonchev–Trinajstić information content (AvgIpc) is 2.64. The molecule has 1 N–H and O–H groups in total. The van der Waals surface area contributed by atoms with Gasteiger partial charge in [-0.3, -0.25) is 0 Å². The van der Waals surface area contributed by atoms with Crippen LogP contribution in [0.4, 0.5) is 0 Å². The SMILES string of the molecule is CC(NC1C[C@H]2CC[C@@H](C1)N2C)c1ccc(Cl)c(Cl)c1. The van der Waals surface area contributed by atoms with Gasteiger partial charge in [0.05, 0.1) is 10.0 Å². The third-order valence-electron chi connectivity index (χ3n) is 5.03. The molecule has 20 heavy (non-hydrogen) atoms. The van der Waals surface area contributed by atoms with Crippen LogP contribution in [0.1, 0.15) is 44.2 Å². The van der Waals surface area contributed by atoms with Crippen molar-refractivity contribution in [3.63, 3.8) is 0 Å². The number of hydrogen-bond donors (Lipinski definition) is 1. The number of rotatable bonds is 3. The molecule has 4 atom stereocenters. The summed E-state index contributed by atoms with van der Waals surface area (Å²) in [5, 5.41) is 5.04. The molecule has 2 aliphatic heterocycles. The third-order valence-corrected chi connectivity index (χ3v) is 5.77. The number of piperidine rings is 1. The van der Waals surface area contributed by atoms with E-state index < -0.39 is 0 Å². The van der Waals surface area contributed by atoms with Crippen LogP contribution in [0.15, 0.2) is 18.2 Å². The molecule has 2 unspecified atom stereocenters. The fourth-order valence-electron chi connectivity index (χ4n) is 3.78. The highest BCUT2D eigenvalue weighted by Crippen LogP contribution is 2.35. The number of nitrogens with zero attached hydrogens (tertiary/aromatic N) is 1. The summed E-state index contributed by atoms with van der Waals surface area (Å²) in [6, 6.07) is 8.40. The van der Waals surface area contributed by atoms with Gasteiger partial charge in [-0.15, -0.1) is 0 Å². The molecule has 1 aromatic rings. The van der Waals surface area contributed by atoms with Gasteiger partial charge in [0.2, 0.25) is 0 Å². The zero-order valence-electron chi connectivity index (χ0n) is 12.1. The van der Waals surface area contributed by atoms with Gasteiger partial charge in [-0.25, -0.2) is 0 Å². The molecule has 2 heterocycles. The van der Waals surface area contributed by atoms with E-state index in [1.165, 1.54) is 31.2 Å². The Bertz CT molecular complexity index is 477. The quantitative estimate of drug-likeness (QED) is 0.896. The number of nitrogens with one attached hydrogen (secondary N) is 1. The minimum atomic E-state index is 0.317. The predicted octanol–water partition coefficient (Wildman–Crippen LogP) is 4.27. The molecule has 0 radical (unpaired) electrons. The van der Waals surface area contributed by atoms with Gasteiger partial charge in [0.15, 0.2) is 0 Å². The molecule has 0 saturated carbocycles. The van der Waals surface area contributed by atoms with E-state index in [0.717, 1.165) is 12.1 Å². The maximum atomic E-state index is 6.11. The monoisotopic (exact) mass is 312 g/mol. The minimum absolute atomic E-state index is 0.317. The summed E-state index contributed by atoms with van der Waals surface area (Å²) < 4.78 is 0. The molecule has 0 amide bonds. The average molecular weight is 313 g/mol. The van der Waals surface area contributed by atoms with E-state index in [-0.39, 0.29) is 0 Å². The van der Waals surface area contributed by atoms with E-state index in [0.29, 0.717) is 22.1 Å². The topological polar surface area (TPSA) is 15.3 Å². The lowest BCUT2D eigenvalue weighted by Gasteiger charge is -2.38. The fraction of sp³-hybridized carbons (Fsp3) is 0.625. The smallest absolute Gasteiger partial charge is 0.0595 e. The Kier molecular flexibility index (Phi) is 4.28. The van der Waals surface area contributed by atoms with Crippen molar-refractivity contribution in [1.29, 1.82) is 0 Å². The Labute approximate surface area is 131 Å². The molecule has 1 aromatic carbocycles. The Morgan fingerprint density at radius 1 is 1.15 bits per heavy atom. The first kappa shape index (κ1) is 14.6. The molecule has 2 aliphatic rings. The summed E-state index contributed by atoms with van der Waals surface area (Å²) in [6.07, 6.45) is 5.25. The van der Waals surface area contributed by atoms with Gasteiger partial charge >= 0.3 is 0 Å². The first-order valence-corrected chi connectivity index (χ1v) is 8.23. The van der Waals surface area contributed by atoms with Gasteiger partial charge < -0.3 is 10.2 Å². The molecule has 3 rings (SSSR count). The minimum Gasteiger partial charge on any atom is -0.307 e. The van der Waals surface area contributed by atoms with Crippen LogP contribution in [0.2, 0.25) is 10.0 Å². The summed E-state index contributed by atoms with van der Waals surface area (Å²) in [7, 11) is 2.28. The predicted molar refractivity (Wildman–Crippen MR) is 85.6 cm³/mol. The molecule has 2 bridgehead atoms. The second kappa shape index (κ2) is 5.84. The lowest BCUT2D eigenvalue weighted by atomic mass is 9.96. The number of hydrogen-bond acceptors (Lipinski definition) is 2. The standard InChI is InChI=1S/C16H22Cl2N2/c1-10(11-3-6-15(17)16(18)7-11)19-12-8-13-4-5-14(9-12)20(13)2/h3,6-7,10,12-14,19H,4-5,8-9H2,1-2H3/t10?,12?,13-,14+. The van der Waals surface area contributed by atoms with Crippen LogP contribution >= 0.6 is 23.2 Å². The van der Waals surface area contributed by atoms with Crippen LogP contribution in [0, 0.1) is 0 Å². The van der Waals surface area contributed by atoms with Gasteiger partial charge in [-0.05, 0) is 57.4 Å². The Balaban J connectivity index is 1.64.